The third kappa shape index (κ3) is 1.11. The van der Waals surface area contributed by atoms with Crippen molar-refractivity contribution < 1.29 is 9.53 Å². The zero-order valence-electron chi connectivity index (χ0n) is 8.12. The van der Waals surface area contributed by atoms with E-state index in [1.807, 2.05) is 0 Å². The number of rotatable bonds is 3. The SMILES string of the molecule is COCCN1C(=O)N=C(N)C12CNC2. The Morgan fingerprint density at radius 3 is 2.93 bits per heavy atom. The molecule has 0 saturated carbocycles. The number of carbonyl (C=O) groups is 1. The Kier molecular flexibility index (Phi) is 2.16. The molecule has 0 atom stereocenters. The van der Waals surface area contributed by atoms with Crippen molar-refractivity contribution in [2.45, 2.75) is 5.54 Å². The van der Waals surface area contributed by atoms with Crippen LogP contribution in [0.3, 0.4) is 0 Å². The molecule has 0 bridgehead atoms. The minimum absolute atomic E-state index is 0.249. The lowest BCUT2D eigenvalue weighted by Gasteiger charge is -2.45. The largest absolute Gasteiger partial charge is 0.385 e. The van der Waals surface area contributed by atoms with Gasteiger partial charge in [0.25, 0.3) is 0 Å². The van der Waals surface area contributed by atoms with Crippen LogP contribution >= 0.6 is 0 Å². The molecular weight excluding hydrogens is 184 g/mol. The molecule has 0 radical (unpaired) electrons. The summed E-state index contributed by atoms with van der Waals surface area (Å²) in [7, 11) is 1.61. The van der Waals surface area contributed by atoms with E-state index in [2.05, 4.69) is 10.3 Å². The van der Waals surface area contributed by atoms with Gasteiger partial charge in [-0.2, -0.15) is 4.99 Å². The average Bonchev–Trinajstić information content (AvgIpc) is 2.32. The number of hydrogen-bond donors (Lipinski definition) is 2. The first-order chi connectivity index (χ1) is 6.70. The highest BCUT2D eigenvalue weighted by molar-refractivity contribution is 6.06. The van der Waals surface area contributed by atoms with Crippen LogP contribution in [-0.2, 0) is 4.74 Å². The van der Waals surface area contributed by atoms with E-state index in [4.69, 9.17) is 10.5 Å². The van der Waals surface area contributed by atoms with E-state index in [1.54, 1.807) is 12.0 Å². The first-order valence-corrected chi connectivity index (χ1v) is 4.56. The van der Waals surface area contributed by atoms with Crippen LogP contribution in [0.4, 0.5) is 4.79 Å². The monoisotopic (exact) mass is 198 g/mol. The Morgan fingerprint density at radius 1 is 1.71 bits per heavy atom. The van der Waals surface area contributed by atoms with Gasteiger partial charge in [-0.1, -0.05) is 0 Å². The summed E-state index contributed by atoms with van der Waals surface area (Å²) in [5.74, 6) is 0.428. The fourth-order valence-corrected chi connectivity index (χ4v) is 1.81. The third-order valence-electron chi connectivity index (χ3n) is 2.79. The van der Waals surface area contributed by atoms with Crippen LogP contribution in [0.2, 0.25) is 0 Å². The molecule has 2 rings (SSSR count). The second kappa shape index (κ2) is 3.21. The van der Waals surface area contributed by atoms with Crippen molar-refractivity contribution in [2.24, 2.45) is 10.7 Å². The molecule has 6 heteroatoms. The molecular formula is C8H14N4O2. The van der Waals surface area contributed by atoms with Crippen LogP contribution in [0, 0.1) is 0 Å². The maximum Gasteiger partial charge on any atom is 0.346 e. The summed E-state index contributed by atoms with van der Waals surface area (Å²) >= 11 is 0. The highest BCUT2D eigenvalue weighted by atomic mass is 16.5. The summed E-state index contributed by atoms with van der Waals surface area (Å²) in [4.78, 5) is 16.9. The van der Waals surface area contributed by atoms with Crippen LogP contribution in [0.15, 0.2) is 4.99 Å². The summed E-state index contributed by atoms with van der Waals surface area (Å²) in [5, 5.41) is 3.11. The van der Waals surface area contributed by atoms with E-state index in [1.165, 1.54) is 0 Å². The molecule has 0 aromatic rings. The summed E-state index contributed by atoms with van der Waals surface area (Å²) in [6, 6.07) is -0.249. The van der Waals surface area contributed by atoms with E-state index >= 15 is 0 Å². The van der Waals surface area contributed by atoms with Crippen LogP contribution in [-0.4, -0.2) is 55.7 Å². The van der Waals surface area contributed by atoms with E-state index in [9.17, 15) is 4.79 Å². The number of hydrogen-bond acceptors (Lipinski definition) is 4. The molecule has 14 heavy (non-hydrogen) atoms. The molecule has 1 fully saturated rings. The molecule has 2 aliphatic heterocycles. The van der Waals surface area contributed by atoms with Gasteiger partial charge in [-0.15, -0.1) is 0 Å². The van der Waals surface area contributed by atoms with Crippen molar-refractivity contribution in [3.63, 3.8) is 0 Å². The molecule has 0 aliphatic carbocycles. The Balaban J connectivity index is 2.12. The lowest BCUT2D eigenvalue weighted by atomic mass is 9.90. The van der Waals surface area contributed by atoms with Crippen molar-refractivity contribution in [3.8, 4) is 0 Å². The quantitative estimate of drug-likeness (QED) is 0.595. The lowest BCUT2D eigenvalue weighted by molar-refractivity contribution is 0.0981. The van der Waals surface area contributed by atoms with E-state index in [0.29, 0.717) is 32.1 Å². The van der Waals surface area contributed by atoms with Gasteiger partial charge in [0.1, 0.15) is 11.4 Å². The standard InChI is InChI=1S/C8H14N4O2/c1-14-3-2-12-7(13)11-6(9)8(12)4-10-5-8/h10H,2-5H2,1H3,(H2,9,11,13). The normalized spacial score (nSPS) is 23.9. The van der Waals surface area contributed by atoms with E-state index < -0.39 is 0 Å². The summed E-state index contributed by atoms with van der Waals surface area (Å²) < 4.78 is 4.94. The number of nitrogens with one attached hydrogen (secondary N) is 1. The maximum atomic E-state index is 11.5. The van der Waals surface area contributed by atoms with Gasteiger partial charge in [-0.25, -0.2) is 4.79 Å². The molecule has 6 nitrogen and oxygen atoms in total. The minimum atomic E-state index is -0.365. The topological polar surface area (TPSA) is 80.0 Å². The summed E-state index contributed by atoms with van der Waals surface area (Å²) in [6.45, 7) is 2.44. The number of amides is 2. The van der Waals surface area contributed by atoms with Crippen molar-refractivity contribution >= 4 is 11.9 Å². The van der Waals surface area contributed by atoms with Crippen LogP contribution in [0.5, 0.6) is 0 Å². The van der Waals surface area contributed by atoms with E-state index in [-0.39, 0.29) is 11.6 Å². The highest BCUT2D eigenvalue weighted by Gasteiger charge is 2.52. The predicted molar refractivity (Wildman–Crippen MR) is 51.2 cm³/mol. The third-order valence-corrected chi connectivity index (χ3v) is 2.79. The van der Waals surface area contributed by atoms with Gasteiger partial charge in [0, 0.05) is 26.7 Å². The molecule has 1 spiro atoms. The Hall–Kier alpha value is -1.14. The summed E-state index contributed by atoms with van der Waals surface area (Å²) in [6.07, 6.45) is 0. The second-order valence-corrected chi connectivity index (χ2v) is 3.56. The Labute approximate surface area is 82.1 Å². The van der Waals surface area contributed by atoms with Crippen molar-refractivity contribution in [2.75, 3.05) is 33.4 Å². The highest BCUT2D eigenvalue weighted by Crippen LogP contribution is 2.26. The van der Waals surface area contributed by atoms with Gasteiger partial charge in [-0.3, -0.25) is 0 Å². The number of carbonyl (C=O) groups excluding carboxylic acids is 1. The van der Waals surface area contributed by atoms with Gasteiger partial charge in [0.2, 0.25) is 0 Å². The van der Waals surface area contributed by atoms with Crippen molar-refractivity contribution in [1.29, 1.82) is 0 Å². The summed E-state index contributed by atoms with van der Waals surface area (Å²) in [5.41, 5.74) is 5.37. The fraction of sp³-hybridized carbons (Fsp3) is 0.750. The number of ether oxygens (including phenoxy) is 1. The molecule has 0 aromatic heterocycles. The maximum absolute atomic E-state index is 11.5. The van der Waals surface area contributed by atoms with Gasteiger partial charge in [-0.05, 0) is 0 Å². The number of nitrogens with two attached hydrogens (primary N) is 1. The number of aliphatic imine (C=N–C) groups is 1. The zero-order chi connectivity index (χ0) is 10.2. The molecule has 0 unspecified atom stereocenters. The molecule has 2 aliphatic rings. The molecule has 2 amide bonds. The Morgan fingerprint density at radius 2 is 2.43 bits per heavy atom. The predicted octanol–water partition coefficient (Wildman–Crippen LogP) is -1.23. The van der Waals surface area contributed by atoms with Crippen molar-refractivity contribution in [3.05, 3.63) is 0 Å². The first-order valence-electron chi connectivity index (χ1n) is 4.56. The molecule has 0 aromatic carbocycles. The van der Waals surface area contributed by atoms with Crippen LogP contribution in [0.1, 0.15) is 0 Å². The van der Waals surface area contributed by atoms with Gasteiger partial charge >= 0.3 is 6.03 Å². The molecule has 1 saturated heterocycles. The number of methoxy groups -OCH3 is 1. The first kappa shape index (κ1) is 9.42. The number of urea groups is 1. The van der Waals surface area contributed by atoms with Crippen LogP contribution in [0.25, 0.3) is 0 Å². The Bertz CT molecular complexity index is 285. The lowest BCUT2D eigenvalue weighted by Crippen LogP contribution is -2.73. The number of nitrogens with zero attached hydrogens (tertiary/aromatic N) is 2. The molecule has 78 valence electrons. The molecule has 3 N–H and O–H groups in total. The van der Waals surface area contributed by atoms with Gasteiger partial charge in [0.05, 0.1) is 6.61 Å². The zero-order valence-corrected chi connectivity index (χ0v) is 8.12. The van der Waals surface area contributed by atoms with Gasteiger partial charge in [0.15, 0.2) is 0 Å². The van der Waals surface area contributed by atoms with Gasteiger partial charge < -0.3 is 20.7 Å². The second-order valence-electron chi connectivity index (χ2n) is 3.56. The van der Waals surface area contributed by atoms with E-state index in [0.717, 1.165) is 0 Å². The average molecular weight is 198 g/mol. The smallest absolute Gasteiger partial charge is 0.346 e. The van der Waals surface area contributed by atoms with Crippen molar-refractivity contribution in [1.82, 2.24) is 10.2 Å². The number of amidine groups is 1. The molecule has 2 heterocycles. The van der Waals surface area contributed by atoms with Crippen LogP contribution < -0.4 is 11.1 Å². The fourth-order valence-electron chi connectivity index (χ4n) is 1.81. The minimum Gasteiger partial charge on any atom is -0.385 e.